The standard InChI is InChI=1S/C14H21N3O2/c1-9-13(6-16(2)15-9)14(18)10-4-11-7-19-8-12(5-10)17(11)3/h6,10-12H,4-5,7-8H2,1-3H3. The second-order valence-electron chi connectivity index (χ2n) is 5.85. The van der Waals surface area contributed by atoms with Crippen LogP contribution in [0.3, 0.4) is 0 Å². The SMILES string of the molecule is Cc1nn(C)cc1C(=O)C1CC2COCC(C1)N2C. The van der Waals surface area contributed by atoms with Gasteiger partial charge in [-0.2, -0.15) is 5.10 Å². The van der Waals surface area contributed by atoms with E-state index in [9.17, 15) is 4.79 Å². The number of hydrogen-bond acceptors (Lipinski definition) is 4. The second kappa shape index (κ2) is 4.72. The van der Waals surface area contributed by atoms with Gasteiger partial charge in [0.2, 0.25) is 0 Å². The van der Waals surface area contributed by atoms with Crippen molar-refractivity contribution in [1.82, 2.24) is 14.7 Å². The van der Waals surface area contributed by atoms with Crippen LogP contribution in [0.15, 0.2) is 6.20 Å². The summed E-state index contributed by atoms with van der Waals surface area (Å²) in [6.07, 6.45) is 3.66. The van der Waals surface area contributed by atoms with E-state index in [1.54, 1.807) is 4.68 Å². The Bertz CT molecular complexity index is 483. The molecular formula is C14H21N3O2. The average molecular weight is 263 g/mol. The lowest BCUT2D eigenvalue weighted by Gasteiger charge is -2.46. The Hall–Kier alpha value is -1.20. The molecule has 0 aliphatic carbocycles. The van der Waals surface area contributed by atoms with Crippen molar-refractivity contribution in [2.75, 3.05) is 20.3 Å². The van der Waals surface area contributed by atoms with Gasteiger partial charge in [0.1, 0.15) is 0 Å². The molecule has 0 N–H and O–H groups in total. The maximum atomic E-state index is 12.7. The minimum atomic E-state index is 0.123. The van der Waals surface area contributed by atoms with E-state index in [-0.39, 0.29) is 11.7 Å². The summed E-state index contributed by atoms with van der Waals surface area (Å²) in [5, 5.41) is 4.27. The van der Waals surface area contributed by atoms with Crippen molar-refractivity contribution in [3.8, 4) is 0 Å². The van der Waals surface area contributed by atoms with Gasteiger partial charge in [0.15, 0.2) is 5.78 Å². The van der Waals surface area contributed by atoms with Crippen molar-refractivity contribution in [1.29, 1.82) is 0 Å². The van der Waals surface area contributed by atoms with Gasteiger partial charge in [-0.25, -0.2) is 0 Å². The van der Waals surface area contributed by atoms with Gasteiger partial charge in [-0.3, -0.25) is 14.4 Å². The number of fused-ring (bicyclic) bond motifs is 2. The van der Waals surface area contributed by atoms with Crippen LogP contribution in [0.5, 0.6) is 0 Å². The smallest absolute Gasteiger partial charge is 0.169 e. The number of piperidine rings is 1. The Labute approximate surface area is 113 Å². The zero-order chi connectivity index (χ0) is 13.6. The molecule has 0 radical (unpaired) electrons. The molecule has 2 fully saturated rings. The molecule has 5 nitrogen and oxygen atoms in total. The van der Waals surface area contributed by atoms with E-state index in [0.717, 1.165) is 37.3 Å². The van der Waals surface area contributed by atoms with Gasteiger partial charge >= 0.3 is 0 Å². The number of carbonyl (C=O) groups is 1. The molecule has 0 aromatic carbocycles. The number of aromatic nitrogens is 2. The lowest BCUT2D eigenvalue weighted by Crippen LogP contribution is -2.55. The molecule has 5 heteroatoms. The number of ketones is 1. The monoisotopic (exact) mass is 263 g/mol. The van der Waals surface area contributed by atoms with Gasteiger partial charge < -0.3 is 4.74 Å². The number of carbonyl (C=O) groups excluding carboxylic acids is 1. The number of likely N-dealkylation sites (N-methyl/N-ethyl adjacent to an activating group) is 1. The molecule has 0 spiro atoms. The zero-order valence-electron chi connectivity index (χ0n) is 11.8. The molecule has 2 unspecified atom stereocenters. The fourth-order valence-electron chi connectivity index (χ4n) is 3.37. The van der Waals surface area contributed by atoms with Crippen molar-refractivity contribution in [2.45, 2.75) is 31.8 Å². The zero-order valence-corrected chi connectivity index (χ0v) is 11.8. The van der Waals surface area contributed by atoms with Gasteiger partial charge in [-0.05, 0) is 26.8 Å². The Morgan fingerprint density at radius 2 is 1.95 bits per heavy atom. The van der Waals surface area contributed by atoms with E-state index >= 15 is 0 Å². The van der Waals surface area contributed by atoms with Crippen LogP contribution in [-0.2, 0) is 11.8 Å². The number of ether oxygens (including phenoxy) is 1. The topological polar surface area (TPSA) is 47.4 Å². The van der Waals surface area contributed by atoms with Crippen molar-refractivity contribution < 1.29 is 9.53 Å². The van der Waals surface area contributed by atoms with E-state index in [1.807, 2.05) is 20.2 Å². The van der Waals surface area contributed by atoms with E-state index in [4.69, 9.17) is 4.74 Å². The molecule has 1 aromatic heterocycles. The highest BCUT2D eigenvalue weighted by Crippen LogP contribution is 2.32. The summed E-state index contributed by atoms with van der Waals surface area (Å²) < 4.78 is 7.32. The number of rotatable bonds is 2. The molecule has 2 saturated heterocycles. The van der Waals surface area contributed by atoms with E-state index < -0.39 is 0 Å². The predicted molar refractivity (Wildman–Crippen MR) is 71.2 cm³/mol. The highest BCUT2D eigenvalue weighted by molar-refractivity contribution is 5.98. The number of Topliss-reactive ketones (excluding diaryl/α,β-unsaturated/α-hetero) is 1. The Kier molecular flexibility index (Phi) is 3.19. The molecule has 3 heterocycles. The lowest BCUT2D eigenvalue weighted by atomic mass is 9.81. The fourth-order valence-corrected chi connectivity index (χ4v) is 3.37. The highest BCUT2D eigenvalue weighted by Gasteiger charge is 2.40. The Morgan fingerprint density at radius 1 is 1.32 bits per heavy atom. The molecule has 0 saturated carbocycles. The minimum Gasteiger partial charge on any atom is -0.378 e. The van der Waals surface area contributed by atoms with Gasteiger partial charge in [0, 0.05) is 31.2 Å². The Balaban J connectivity index is 1.80. The minimum absolute atomic E-state index is 0.123. The number of aryl methyl sites for hydroxylation is 2. The molecule has 2 aliphatic rings. The summed E-state index contributed by atoms with van der Waals surface area (Å²) in [7, 11) is 4.01. The van der Waals surface area contributed by atoms with Crippen LogP contribution in [0.25, 0.3) is 0 Å². The molecule has 19 heavy (non-hydrogen) atoms. The average Bonchev–Trinajstić information content (AvgIpc) is 2.67. The third-order valence-corrected chi connectivity index (χ3v) is 4.54. The predicted octanol–water partition coefficient (Wildman–Crippen LogP) is 1.02. The van der Waals surface area contributed by atoms with Crippen LogP contribution in [0.1, 0.15) is 28.9 Å². The van der Waals surface area contributed by atoms with Crippen LogP contribution in [0.4, 0.5) is 0 Å². The summed E-state index contributed by atoms with van der Waals surface area (Å²) in [5.74, 6) is 0.383. The highest BCUT2D eigenvalue weighted by atomic mass is 16.5. The van der Waals surface area contributed by atoms with E-state index in [2.05, 4.69) is 17.0 Å². The summed E-state index contributed by atoms with van der Waals surface area (Å²) in [5.41, 5.74) is 1.63. The molecule has 104 valence electrons. The third kappa shape index (κ3) is 2.21. The summed E-state index contributed by atoms with van der Waals surface area (Å²) in [6, 6.07) is 0.775. The van der Waals surface area contributed by atoms with Crippen molar-refractivity contribution in [3.63, 3.8) is 0 Å². The van der Waals surface area contributed by atoms with Crippen molar-refractivity contribution >= 4 is 5.78 Å². The van der Waals surface area contributed by atoms with Gasteiger partial charge in [0.25, 0.3) is 0 Å². The molecule has 0 amide bonds. The van der Waals surface area contributed by atoms with Crippen LogP contribution >= 0.6 is 0 Å². The summed E-state index contributed by atoms with van der Waals surface area (Å²) in [6.45, 7) is 3.41. The van der Waals surface area contributed by atoms with Gasteiger partial charge in [-0.1, -0.05) is 0 Å². The van der Waals surface area contributed by atoms with Gasteiger partial charge in [0.05, 0.1) is 24.5 Å². The lowest BCUT2D eigenvalue weighted by molar-refractivity contribution is -0.0702. The first kappa shape index (κ1) is 12.8. The first-order chi connectivity index (χ1) is 9.06. The maximum absolute atomic E-state index is 12.7. The maximum Gasteiger partial charge on any atom is 0.169 e. The van der Waals surface area contributed by atoms with Crippen LogP contribution in [0, 0.1) is 12.8 Å². The van der Waals surface area contributed by atoms with Crippen molar-refractivity contribution in [3.05, 3.63) is 17.5 Å². The third-order valence-electron chi connectivity index (χ3n) is 4.54. The van der Waals surface area contributed by atoms with Crippen LogP contribution in [0.2, 0.25) is 0 Å². The number of nitrogens with zero attached hydrogens (tertiary/aromatic N) is 3. The molecule has 2 bridgehead atoms. The van der Waals surface area contributed by atoms with Gasteiger partial charge in [-0.15, -0.1) is 0 Å². The number of hydrogen-bond donors (Lipinski definition) is 0. The quantitative estimate of drug-likeness (QED) is 0.747. The first-order valence-corrected chi connectivity index (χ1v) is 6.90. The van der Waals surface area contributed by atoms with Crippen LogP contribution < -0.4 is 0 Å². The summed E-state index contributed by atoms with van der Waals surface area (Å²) >= 11 is 0. The van der Waals surface area contributed by atoms with Crippen LogP contribution in [-0.4, -0.2) is 52.8 Å². The number of morpholine rings is 1. The summed E-state index contributed by atoms with van der Waals surface area (Å²) in [4.78, 5) is 15.0. The van der Waals surface area contributed by atoms with E-state index in [1.165, 1.54) is 0 Å². The first-order valence-electron chi connectivity index (χ1n) is 6.90. The Morgan fingerprint density at radius 3 is 2.47 bits per heavy atom. The molecule has 2 aliphatic heterocycles. The molecule has 2 atom stereocenters. The van der Waals surface area contributed by atoms with Crippen molar-refractivity contribution in [2.24, 2.45) is 13.0 Å². The second-order valence-corrected chi connectivity index (χ2v) is 5.85. The van der Waals surface area contributed by atoms with E-state index in [0.29, 0.717) is 12.1 Å². The largest absolute Gasteiger partial charge is 0.378 e. The molecule has 3 rings (SSSR count). The normalized spacial score (nSPS) is 31.4. The molecular weight excluding hydrogens is 242 g/mol. The fraction of sp³-hybridized carbons (Fsp3) is 0.714. The molecule has 1 aromatic rings.